The number of nitrogens with zero attached hydrogens (tertiary/aromatic N) is 1. The van der Waals surface area contributed by atoms with Gasteiger partial charge in [0.1, 0.15) is 0 Å². The Hall–Kier alpha value is -3.09. The average Bonchev–Trinajstić information content (AvgIpc) is 2.85. The third-order valence-electron chi connectivity index (χ3n) is 3.63. The van der Waals surface area contributed by atoms with E-state index < -0.39 is 17.8 Å². The molecule has 0 bridgehead atoms. The number of esters is 2. The van der Waals surface area contributed by atoms with E-state index in [9.17, 15) is 14.4 Å². The molecule has 1 heterocycles. The lowest BCUT2D eigenvalue weighted by molar-refractivity contribution is -0.141. The maximum atomic E-state index is 12.5. The summed E-state index contributed by atoms with van der Waals surface area (Å²) in [5.74, 6) is -1.90. The molecule has 0 aromatic heterocycles. The van der Waals surface area contributed by atoms with Gasteiger partial charge >= 0.3 is 11.9 Å². The van der Waals surface area contributed by atoms with Crippen molar-refractivity contribution in [1.82, 2.24) is 10.2 Å². The Morgan fingerprint density at radius 1 is 1.24 bits per heavy atom. The van der Waals surface area contributed by atoms with Crippen LogP contribution in [0.15, 0.2) is 53.4 Å². The number of rotatable bonds is 6. The van der Waals surface area contributed by atoms with Crippen LogP contribution in [0.25, 0.3) is 0 Å². The van der Waals surface area contributed by atoms with Gasteiger partial charge in [0.15, 0.2) is 5.57 Å². The number of methoxy groups -OCH3 is 1. The van der Waals surface area contributed by atoms with E-state index in [0.29, 0.717) is 6.54 Å². The molecule has 1 aliphatic rings. The number of hydrogen-bond donors (Lipinski definition) is 1. The van der Waals surface area contributed by atoms with Gasteiger partial charge in [-0.3, -0.25) is 4.79 Å². The molecule has 0 unspecified atom stereocenters. The van der Waals surface area contributed by atoms with Crippen LogP contribution in [0.1, 0.15) is 12.5 Å². The lowest BCUT2D eigenvalue weighted by atomic mass is 10.1. The van der Waals surface area contributed by atoms with Gasteiger partial charge in [0.25, 0.3) is 5.91 Å². The van der Waals surface area contributed by atoms with E-state index in [0.717, 1.165) is 11.6 Å². The van der Waals surface area contributed by atoms with E-state index in [1.165, 1.54) is 19.1 Å². The zero-order valence-corrected chi connectivity index (χ0v) is 14.4. The number of likely N-dealkylation sites (N-methyl/N-ethyl adjacent to an activating group) is 1. The predicted octanol–water partition coefficient (Wildman–Crippen LogP) is 1.12. The summed E-state index contributed by atoms with van der Waals surface area (Å²) in [5.41, 5.74) is 1.34. The third-order valence-corrected chi connectivity index (χ3v) is 3.63. The topological polar surface area (TPSA) is 84.9 Å². The summed E-state index contributed by atoms with van der Waals surface area (Å²) in [6, 6.07) is 9.47. The van der Waals surface area contributed by atoms with Crippen molar-refractivity contribution in [3.63, 3.8) is 0 Å². The summed E-state index contributed by atoms with van der Waals surface area (Å²) >= 11 is 0. The highest BCUT2D eigenvalue weighted by molar-refractivity contribution is 6.20. The SMILES string of the molecule is CCOC(=O)C1=C(NCc2ccccc2)/C(=C/C(=O)OC)N(C)C1=O. The highest BCUT2D eigenvalue weighted by atomic mass is 16.5. The first-order valence-corrected chi connectivity index (χ1v) is 7.76. The molecule has 0 aliphatic carbocycles. The van der Waals surface area contributed by atoms with Crippen molar-refractivity contribution in [3.05, 3.63) is 58.9 Å². The van der Waals surface area contributed by atoms with Gasteiger partial charge in [0.2, 0.25) is 0 Å². The molecule has 1 aromatic rings. The van der Waals surface area contributed by atoms with Crippen LogP contribution in [0.2, 0.25) is 0 Å². The van der Waals surface area contributed by atoms with Crippen LogP contribution in [0, 0.1) is 0 Å². The first-order valence-electron chi connectivity index (χ1n) is 7.76. The van der Waals surface area contributed by atoms with Gasteiger partial charge < -0.3 is 19.7 Å². The zero-order valence-electron chi connectivity index (χ0n) is 14.4. The van der Waals surface area contributed by atoms with Crippen LogP contribution in [-0.2, 0) is 30.4 Å². The molecular formula is C18H20N2O5. The van der Waals surface area contributed by atoms with Crippen molar-refractivity contribution in [1.29, 1.82) is 0 Å². The molecule has 7 heteroatoms. The number of ether oxygens (including phenoxy) is 2. The Bertz CT molecular complexity index is 737. The molecule has 0 spiro atoms. The van der Waals surface area contributed by atoms with Gasteiger partial charge in [0, 0.05) is 19.7 Å². The second kappa shape index (κ2) is 8.14. The number of benzene rings is 1. The summed E-state index contributed by atoms with van der Waals surface area (Å²) in [5, 5.41) is 3.07. The van der Waals surface area contributed by atoms with E-state index in [1.54, 1.807) is 6.92 Å². The van der Waals surface area contributed by atoms with Crippen LogP contribution in [0.5, 0.6) is 0 Å². The smallest absolute Gasteiger partial charge is 0.346 e. The van der Waals surface area contributed by atoms with Crippen LogP contribution in [-0.4, -0.2) is 43.5 Å². The Labute approximate surface area is 145 Å². The molecule has 1 amide bonds. The highest BCUT2D eigenvalue weighted by Crippen LogP contribution is 2.27. The molecule has 1 N–H and O–H groups in total. The van der Waals surface area contributed by atoms with Crippen LogP contribution in [0.4, 0.5) is 0 Å². The van der Waals surface area contributed by atoms with E-state index in [-0.39, 0.29) is 23.6 Å². The van der Waals surface area contributed by atoms with Gasteiger partial charge in [-0.1, -0.05) is 30.3 Å². The monoisotopic (exact) mass is 344 g/mol. The van der Waals surface area contributed by atoms with Gasteiger partial charge in [0.05, 0.1) is 25.1 Å². The molecule has 1 aliphatic heterocycles. The number of hydrogen-bond acceptors (Lipinski definition) is 6. The predicted molar refractivity (Wildman–Crippen MR) is 89.8 cm³/mol. The molecule has 0 atom stereocenters. The number of amides is 1. The van der Waals surface area contributed by atoms with E-state index in [4.69, 9.17) is 4.74 Å². The normalized spacial score (nSPS) is 15.6. The number of nitrogens with one attached hydrogen (secondary N) is 1. The standard InChI is InChI=1S/C18H20N2O5/c1-4-25-18(23)15-16(19-11-12-8-6-5-7-9-12)13(10-14(21)24-3)20(2)17(15)22/h5-10,19H,4,11H2,1-3H3/b13-10-. The maximum absolute atomic E-state index is 12.5. The second-order valence-corrected chi connectivity index (χ2v) is 5.23. The number of carbonyl (C=O) groups is 3. The quantitative estimate of drug-likeness (QED) is 0.473. The first kappa shape index (κ1) is 18.3. The molecule has 0 radical (unpaired) electrons. The fourth-order valence-corrected chi connectivity index (χ4v) is 2.38. The van der Waals surface area contributed by atoms with E-state index >= 15 is 0 Å². The van der Waals surface area contributed by atoms with Crippen molar-refractivity contribution in [3.8, 4) is 0 Å². The molecule has 7 nitrogen and oxygen atoms in total. The summed E-state index contributed by atoms with van der Waals surface area (Å²) in [6.45, 7) is 2.17. The van der Waals surface area contributed by atoms with Crippen molar-refractivity contribution >= 4 is 17.8 Å². The fourth-order valence-electron chi connectivity index (χ4n) is 2.38. The van der Waals surface area contributed by atoms with Gasteiger partial charge in [-0.15, -0.1) is 0 Å². The molecule has 0 saturated heterocycles. The summed E-state index contributed by atoms with van der Waals surface area (Å²) in [6.07, 6.45) is 1.16. The van der Waals surface area contributed by atoms with E-state index in [2.05, 4.69) is 10.1 Å². The molecule has 25 heavy (non-hydrogen) atoms. The first-order chi connectivity index (χ1) is 12.0. The second-order valence-electron chi connectivity index (χ2n) is 5.23. The molecule has 132 valence electrons. The van der Waals surface area contributed by atoms with Crippen LogP contribution < -0.4 is 5.32 Å². The molecule has 0 fully saturated rings. The summed E-state index contributed by atoms with van der Waals surface area (Å²) in [4.78, 5) is 37.5. The minimum atomic E-state index is -0.733. The average molecular weight is 344 g/mol. The van der Waals surface area contributed by atoms with Gasteiger partial charge in [-0.2, -0.15) is 0 Å². The maximum Gasteiger partial charge on any atom is 0.346 e. The van der Waals surface area contributed by atoms with Crippen LogP contribution >= 0.6 is 0 Å². The van der Waals surface area contributed by atoms with Crippen LogP contribution in [0.3, 0.4) is 0 Å². The zero-order chi connectivity index (χ0) is 18.4. The summed E-state index contributed by atoms with van der Waals surface area (Å²) in [7, 11) is 2.72. The van der Waals surface area contributed by atoms with Gasteiger partial charge in [-0.05, 0) is 12.5 Å². The van der Waals surface area contributed by atoms with Crippen molar-refractivity contribution in [2.45, 2.75) is 13.5 Å². The minimum absolute atomic E-state index is 0.129. The number of carbonyl (C=O) groups excluding carboxylic acids is 3. The van der Waals surface area contributed by atoms with Crippen molar-refractivity contribution in [2.24, 2.45) is 0 Å². The van der Waals surface area contributed by atoms with E-state index in [1.807, 2.05) is 30.3 Å². The third kappa shape index (κ3) is 4.06. The molecule has 2 rings (SSSR count). The Morgan fingerprint density at radius 3 is 2.52 bits per heavy atom. The molecule has 0 saturated carbocycles. The minimum Gasteiger partial charge on any atom is -0.466 e. The Balaban J connectivity index is 2.41. The van der Waals surface area contributed by atoms with Gasteiger partial charge in [-0.25, -0.2) is 9.59 Å². The Morgan fingerprint density at radius 2 is 1.92 bits per heavy atom. The van der Waals surface area contributed by atoms with Crippen molar-refractivity contribution in [2.75, 3.05) is 20.8 Å². The molecule has 1 aromatic carbocycles. The Kier molecular flexibility index (Phi) is 5.94. The van der Waals surface area contributed by atoms with Crippen molar-refractivity contribution < 1.29 is 23.9 Å². The largest absolute Gasteiger partial charge is 0.466 e. The molecular weight excluding hydrogens is 324 g/mol. The fraction of sp³-hybridized carbons (Fsp3) is 0.278. The lowest BCUT2D eigenvalue weighted by Gasteiger charge is -2.14. The highest BCUT2D eigenvalue weighted by Gasteiger charge is 2.38. The summed E-state index contributed by atoms with van der Waals surface area (Å²) < 4.78 is 9.61. The lowest BCUT2D eigenvalue weighted by Crippen LogP contribution is -2.24.